The van der Waals surface area contributed by atoms with Gasteiger partial charge in [0.05, 0.1) is 11.5 Å². The molecule has 0 spiro atoms. The number of halogens is 2. The Morgan fingerprint density at radius 3 is 2.73 bits per heavy atom. The van der Waals surface area contributed by atoms with Gasteiger partial charge in [-0.05, 0) is 68.7 Å². The number of dihydropyridines is 1. The molecule has 0 unspecified atom stereocenters. The summed E-state index contributed by atoms with van der Waals surface area (Å²) in [6.07, 6.45) is 4.64. The summed E-state index contributed by atoms with van der Waals surface area (Å²) in [5.41, 5.74) is 2.55. The predicted octanol–water partition coefficient (Wildman–Crippen LogP) is 6.50. The normalized spacial score (nSPS) is 23.5. The molecule has 2 aromatic rings. The number of esters is 1. The van der Waals surface area contributed by atoms with Crippen LogP contribution in [0.1, 0.15) is 67.7 Å². The Balaban J connectivity index is 1.59. The molecule has 2 heterocycles. The number of hydrogen-bond acceptors (Lipinski definition) is 5. The minimum Gasteiger partial charge on any atom is -0.459 e. The van der Waals surface area contributed by atoms with Crippen molar-refractivity contribution in [2.75, 3.05) is 0 Å². The van der Waals surface area contributed by atoms with Crippen LogP contribution in [0, 0.1) is 5.82 Å². The quantitative estimate of drug-likeness (QED) is 0.459. The van der Waals surface area contributed by atoms with E-state index in [2.05, 4.69) is 27.3 Å². The first-order chi connectivity index (χ1) is 15.9. The molecule has 2 atom stereocenters. The lowest BCUT2D eigenvalue weighted by atomic mass is 9.72. The van der Waals surface area contributed by atoms with E-state index in [4.69, 9.17) is 4.74 Å². The van der Waals surface area contributed by atoms with Crippen LogP contribution in [-0.2, 0) is 14.3 Å². The smallest absolute Gasteiger partial charge is 0.337 e. The maximum absolute atomic E-state index is 15.2. The molecule has 4 nitrogen and oxygen atoms in total. The fourth-order valence-electron chi connectivity index (χ4n) is 5.30. The number of hydrogen-bond donors (Lipinski definition) is 1. The first-order valence-electron chi connectivity index (χ1n) is 11.4. The molecule has 1 aromatic heterocycles. The van der Waals surface area contributed by atoms with Crippen LogP contribution in [-0.4, -0.2) is 17.9 Å². The van der Waals surface area contributed by atoms with Gasteiger partial charge in [0.1, 0.15) is 11.9 Å². The van der Waals surface area contributed by atoms with Crippen molar-refractivity contribution in [2.24, 2.45) is 0 Å². The van der Waals surface area contributed by atoms with Crippen LogP contribution in [0.2, 0.25) is 0 Å². The van der Waals surface area contributed by atoms with Crippen LogP contribution in [0.25, 0.3) is 0 Å². The molecular formula is C26H25BrFNO3S. The molecule has 1 aromatic carbocycles. The van der Waals surface area contributed by atoms with Crippen molar-refractivity contribution in [3.8, 4) is 0 Å². The van der Waals surface area contributed by atoms with Crippen LogP contribution in [0.3, 0.4) is 0 Å². The third-order valence-electron chi connectivity index (χ3n) is 6.84. The Morgan fingerprint density at radius 2 is 2.00 bits per heavy atom. The Hall–Kier alpha value is -2.25. The Morgan fingerprint density at radius 1 is 1.21 bits per heavy atom. The third-order valence-corrected chi connectivity index (χ3v) is 8.37. The average Bonchev–Trinajstić information content (AvgIpc) is 3.48. The molecule has 0 saturated heterocycles. The van der Waals surface area contributed by atoms with Crippen molar-refractivity contribution >= 4 is 39.0 Å². The van der Waals surface area contributed by atoms with E-state index in [9.17, 15) is 9.59 Å². The molecular weight excluding hydrogens is 505 g/mol. The van der Waals surface area contributed by atoms with E-state index >= 15 is 4.39 Å². The van der Waals surface area contributed by atoms with Crippen LogP contribution < -0.4 is 5.32 Å². The van der Waals surface area contributed by atoms with Gasteiger partial charge in [0.2, 0.25) is 0 Å². The van der Waals surface area contributed by atoms with Gasteiger partial charge in [0.25, 0.3) is 0 Å². The predicted molar refractivity (Wildman–Crippen MR) is 129 cm³/mol. The van der Waals surface area contributed by atoms with Crippen LogP contribution in [0.4, 0.5) is 4.39 Å². The zero-order valence-electron chi connectivity index (χ0n) is 18.3. The minimum atomic E-state index is -0.788. The van der Waals surface area contributed by atoms with Gasteiger partial charge in [0.15, 0.2) is 5.78 Å². The zero-order chi connectivity index (χ0) is 23.1. The molecule has 2 aliphatic carbocycles. The summed E-state index contributed by atoms with van der Waals surface area (Å²) in [6.45, 7) is 1.82. The summed E-state index contributed by atoms with van der Waals surface area (Å²) in [5, 5.41) is 5.35. The first kappa shape index (κ1) is 22.5. The monoisotopic (exact) mass is 529 g/mol. The van der Waals surface area contributed by atoms with E-state index in [0.717, 1.165) is 36.3 Å². The van der Waals surface area contributed by atoms with E-state index in [1.54, 1.807) is 23.5 Å². The molecule has 172 valence electrons. The summed E-state index contributed by atoms with van der Waals surface area (Å²) in [5.74, 6) is -1.66. The number of thiophene rings is 1. The van der Waals surface area contributed by atoms with Crippen molar-refractivity contribution < 1.29 is 18.7 Å². The maximum atomic E-state index is 15.2. The van der Waals surface area contributed by atoms with Gasteiger partial charge in [-0.1, -0.05) is 22.0 Å². The molecule has 3 aliphatic rings. The van der Waals surface area contributed by atoms with E-state index in [-0.39, 0.29) is 17.8 Å². The Labute approximate surface area is 205 Å². The number of nitrogens with one attached hydrogen (secondary N) is 1. The van der Waals surface area contributed by atoms with Gasteiger partial charge in [-0.15, -0.1) is 11.3 Å². The van der Waals surface area contributed by atoms with Crippen molar-refractivity contribution in [1.29, 1.82) is 0 Å². The average molecular weight is 530 g/mol. The molecule has 1 fully saturated rings. The van der Waals surface area contributed by atoms with Gasteiger partial charge in [-0.3, -0.25) is 4.79 Å². The summed E-state index contributed by atoms with van der Waals surface area (Å²) in [6, 6.07) is 8.71. The second kappa shape index (κ2) is 9.18. The van der Waals surface area contributed by atoms with E-state index in [1.807, 2.05) is 18.4 Å². The fourth-order valence-corrected chi connectivity index (χ4v) is 6.51. The third kappa shape index (κ3) is 4.33. The molecule has 1 N–H and O–H groups in total. The second-order valence-corrected chi connectivity index (χ2v) is 10.9. The lowest BCUT2D eigenvalue weighted by Crippen LogP contribution is -2.36. The highest BCUT2D eigenvalue weighted by molar-refractivity contribution is 9.10. The number of benzene rings is 1. The number of ether oxygens (including phenoxy) is 1. The summed E-state index contributed by atoms with van der Waals surface area (Å²) in [7, 11) is 0. The topological polar surface area (TPSA) is 55.4 Å². The molecule has 0 amide bonds. The summed E-state index contributed by atoms with van der Waals surface area (Å²) >= 11 is 5.07. The number of Topliss-reactive ketones (excluding diaryl/α,β-unsaturated/α-hetero) is 1. The minimum absolute atomic E-state index is 0.0507. The molecule has 5 rings (SSSR count). The molecule has 0 bridgehead atoms. The fraction of sp³-hybridized carbons (Fsp3) is 0.385. The number of rotatable bonds is 4. The highest BCUT2D eigenvalue weighted by atomic mass is 79.9. The Kier molecular flexibility index (Phi) is 6.27. The van der Waals surface area contributed by atoms with Gasteiger partial charge in [-0.2, -0.15) is 0 Å². The summed E-state index contributed by atoms with van der Waals surface area (Å²) in [4.78, 5) is 28.1. The molecule has 1 aliphatic heterocycles. The van der Waals surface area contributed by atoms with Crippen LogP contribution >= 0.6 is 27.3 Å². The van der Waals surface area contributed by atoms with Gasteiger partial charge >= 0.3 is 5.97 Å². The van der Waals surface area contributed by atoms with Crippen molar-refractivity contribution in [2.45, 2.75) is 63.4 Å². The SMILES string of the molecule is CC1=C(C(=O)OC2CCCC2)[C@H](c2cc(Br)ccc2F)C2=C(C[C@@H](c3cccs3)CC2=O)N1. The van der Waals surface area contributed by atoms with Gasteiger partial charge < -0.3 is 10.1 Å². The lowest BCUT2D eigenvalue weighted by Gasteiger charge is -2.36. The van der Waals surface area contributed by atoms with E-state index in [0.29, 0.717) is 39.7 Å². The number of ketones is 1. The number of allylic oxidation sites excluding steroid dienone is 3. The maximum Gasteiger partial charge on any atom is 0.337 e. The molecule has 0 radical (unpaired) electrons. The standard InChI is InChI=1S/C26H25BrFNO3S/c1-14-23(26(31)32-17-5-2-3-6-17)24(18-13-16(27)8-9-19(18)28)25-20(29-14)11-15(12-21(25)30)22-7-4-10-33-22/h4,7-10,13,15,17,24,29H,2-3,5-6,11-12H2,1H3/t15-,24+/m1/s1. The molecule has 33 heavy (non-hydrogen) atoms. The molecule has 1 saturated carbocycles. The van der Waals surface area contributed by atoms with Crippen molar-refractivity contribution in [1.82, 2.24) is 5.32 Å². The number of carbonyl (C=O) groups is 2. The van der Waals surface area contributed by atoms with E-state index in [1.165, 1.54) is 6.07 Å². The summed E-state index contributed by atoms with van der Waals surface area (Å²) < 4.78 is 21.7. The van der Waals surface area contributed by atoms with Crippen molar-refractivity contribution in [3.05, 3.63) is 79.0 Å². The number of carbonyl (C=O) groups excluding carboxylic acids is 2. The second-order valence-electron chi connectivity index (χ2n) is 9.01. The Bertz CT molecular complexity index is 1160. The zero-order valence-corrected chi connectivity index (χ0v) is 20.7. The highest BCUT2D eigenvalue weighted by Gasteiger charge is 2.43. The first-order valence-corrected chi connectivity index (χ1v) is 13.0. The lowest BCUT2D eigenvalue weighted by molar-refractivity contribution is -0.144. The van der Waals surface area contributed by atoms with Gasteiger partial charge in [-0.25, -0.2) is 9.18 Å². The highest BCUT2D eigenvalue weighted by Crippen LogP contribution is 2.47. The largest absolute Gasteiger partial charge is 0.459 e. The van der Waals surface area contributed by atoms with Crippen LogP contribution in [0.5, 0.6) is 0 Å². The van der Waals surface area contributed by atoms with Crippen LogP contribution in [0.15, 0.2) is 62.7 Å². The van der Waals surface area contributed by atoms with Gasteiger partial charge in [0, 0.05) is 44.2 Å². The van der Waals surface area contributed by atoms with Crippen molar-refractivity contribution in [3.63, 3.8) is 0 Å². The van der Waals surface area contributed by atoms with E-state index < -0.39 is 17.7 Å². The molecule has 7 heteroatoms.